The Bertz CT molecular complexity index is 425. The lowest BCUT2D eigenvalue weighted by Gasteiger charge is -2.29. The molecule has 0 radical (unpaired) electrons. The van der Waals surface area contributed by atoms with Gasteiger partial charge in [0, 0.05) is 18.3 Å². The molecule has 1 N–H and O–H groups in total. The average Bonchev–Trinajstić information content (AvgIpc) is 2.54. The summed E-state index contributed by atoms with van der Waals surface area (Å²) >= 11 is 0. The first-order valence-electron chi connectivity index (χ1n) is 9.20. The van der Waals surface area contributed by atoms with Crippen molar-refractivity contribution in [2.45, 2.75) is 65.3 Å². The smallest absolute Gasteiger partial charge is 0.0468 e. The maximum Gasteiger partial charge on any atom is 0.0468 e. The fraction of sp³-hybridized carbons (Fsp3) is 0.619. The summed E-state index contributed by atoms with van der Waals surface area (Å²) < 4.78 is 0. The van der Waals surface area contributed by atoms with Crippen LogP contribution in [0.3, 0.4) is 0 Å². The normalized spacial score (nSPS) is 18.1. The van der Waals surface area contributed by atoms with Gasteiger partial charge in [-0.1, -0.05) is 55.9 Å². The average molecular weight is 317 g/mol. The van der Waals surface area contributed by atoms with E-state index in [0.717, 1.165) is 31.5 Å². The van der Waals surface area contributed by atoms with Gasteiger partial charge in [0.2, 0.25) is 0 Å². The summed E-state index contributed by atoms with van der Waals surface area (Å²) in [5.41, 5.74) is 3.73. The quantitative estimate of drug-likeness (QED) is 0.439. The van der Waals surface area contributed by atoms with Crippen LogP contribution in [0.4, 0.5) is 0 Å². The first-order valence-corrected chi connectivity index (χ1v) is 9.20. The van der Waals surface area contributed by atoms with Crippen LogP contribution in [0.1, 0.15) is 59.3 Å². The van der Waals surface area contributed by atoms with Gasteiger partial charge in [-0.05, 0) is 59.0 Å². The molecule has 0 aromatic rings. The van der Waals surface area contributed by atoms with E-state index in [4.69, 9.17) is 0 Å². The van der Waals surface area contributed by atoms with E-state index < -0.39 is 0 Å². The highest BCUT2D eigenvalue weighted by atomic mass is 15.1. The zero-order valence-electron chi connectivity index (χ0n) is 15.5. The maximum absolute atomic E-state index is 4.25. The first kappa shape index (κ1) is 19.8. The number of hydrogen-bond acceptors (Lipinski definition) is 2. The summed E-state index contributed by atoms with van der Waals surface area (Å²) in [6.45, 7) is 18.2. The van der Waals surface area contributed by atoms with E-state index >= 15 is 0 Å². The van der Waals surface area contributed by atoms with Gasteiger partial charge in [0.15, 0.2) is 0 Å². The fourth-order valence-corrected chi connectivity index (χ4v) is 3.03. The Balaban J connectivity index is 2.45. The lowest BCUT2D eigenvalue weighted by Crippen LogP contribution is -2.37. The van der Waals surface area contributed by atoms with Crippen LogP contribution in [-0.4, -0.2) is 30.6 Å². The molecule has 1 aliphatic rings. The second kappa shape index (κ2) is 11.3. The predicted molar refractivity (Wildman–Crippen MR) is 104 cm³/mol. The number of allylic oxidation sites excluding steroid dienone is 4. The molecule has 1 atom stereocenters. The molecular weight excluding hydrogens is 280 g/mol. The van der Waals surface area contributed by atoms with Crippen LogP contribution in [0.5, 0.6) is 0 Å². The second-order valence-electron chi connectivity index (χ2n) is 6.70. The van der Waals surface area contributed by atoms with Gasteiger partial charge in [-0.25, -0.2) is 0 Å². The second-order valence-corrected chi connectivity index (χ2v) is 6.70. The molecule has 0 aliphatic carbocycles. The van der Waals surface area contributed by atoms with Crippen LogP contribution in [-0.2, 0) is 0 Å². The van der Waals surface area contributed by atoms with E-state index in [2.05, 4.69) is 62.4 Å². The van der Waals surface area contributed by atoms with Crippen molar-refractivity contribution in [1.29, 1.82) is 0 Å². The SMILES string of the molecule is C=C(CN1CCCCC1)N[C@@H](CCC(/C=C\CC)=C/C)C(=C)C. The lowest BCUT2D eigenvalue weighted by atomic mass is 10.00. The zero-order valence-corrected chi connectivity index (χ0v) is 15.5. The molecule has 2 heteroatoms. The number of piperidine rings is 1. The van der Waals surface area contributed by atoms with Gasteiger partial charge in [0.25, 0.3) is 0 Å². The molecule has 1 saturated heterocycles. The molecule has 1 rings (SSSR count). The highest BCUT2D eigenvalue weighted by Crippen LogP contribution is 2.16. The van der Waals surface area contributed by atoms with Gasteiger partial charge in [0.1, 0.15) is 0 Å². The van der Waals surface area contributed by atoms with Crippen LogP contribution in [0.25, 0.3) is 0 Å². The first-order chi connectivity index (χ1) is 11.1. The van der Waals surface area contributed by atoms with Crippen LogP contribution in [0.15, 0.2) is 48.2 Å². The molecule has 0 saturated carbocycles. The van der Waals surface area contributed by atoms with E-state index in [0.29, 0.717) is 6.04 Å². The van der Waals surface area contributed by atoms with E-state index in [-0.39, 0.29) is 0 Å². The number of nitrogens with zero attached hydrogens (tertiary/aromatic N) is 1. The van der Waals surface area contributed by atoms with Gasteiger partial charge >= 0.3 is 0 Å². The largest absolute Gasteiger partial charge is 0.381 e. The van der Waals surface area contributed by atoms with Crippen molar-refractivity contribution >= 4 is 0 Å². The van der Waals surface area contributed by atoms with Crippen molar-refractivity contribution in [3.05, 3.63) is 48.2 Å². The maximum atomic E-state index is 4.25. The van der Waals surface area contributed by atoms with E-state index in [1.165, 1.54) is 43.5 Å². The van der Waals surface area contributed by atoms with Gasteiger partial charge < -0.3 is 5.32 Å². The molecule has 23 heavy (non-hydrogen) atoms. The number of nitrogens with one attached hydrogen (secondary N) is 1. The molecule has 1 heterocycles. The van der Waals surface area contributed by atoms with Gasteiger partial charge in [0.05, 0.1) is 0 Å². The summed E-state index contributed by atoms with van der Waals surface area (Å²) in [6.07, 6.45) is 14.0. The van der Waals surface area contributed by atoms with Gasteiger partial charge in [-0.3, -0.25) is 4.90 Å². The Morgan fingerprint density at radius 1 is 1.22 bits per heavy atom. The van der Waals surface area contributed by atoms with Gasteiger partial charge in [-0.15, -0.1) is 0 Å². The highest BCUT2D eigenvalue weighted by Gasteiger charge is 2.14. The minimum atomic E-state index is 0.317. The Hall–Kier alpha value is -1.28. The summed E-state index contributed by atoms with van der Waals surface area (Å²) in [7, 11) is 0. The summed E-state index contributed by atoms with van der Waals surface area (Å²) in [5, 5.41) is 3.61. The third-order valence-electron chi connectivity index (χ3n) is 4.50. The van der Waals surface area contributed by atoms with E-state index in [1.54, 1.807) is 0 Å². The molecule has 0 bridgehead atoms. The molecule has 1 aliphatic heterocycles. The van der Waals surface area contributed by atoms with Crippen LogP contribution in [0.2, 0.25) is 0 Å². The summed E-state index contributed by atoms with van der Waals surface area (Å²) in [6, 6.07) is 0.317. The van der Waals surface area contributed by atoms with Crippen molar-refractivity contribution in [1.82, 2.24) is 10.2 Å². The lowest BCUT2D eigenvalue weighted by molar-refractivity contribution is 0.242. The van der Waals surface area contributed by atoms with Crippen molar-refractivity contribution in [3.8, 4) is 0 Å². The highest BCUT2D eigenvalue weighted by molar-refractivity contribution is 5.19. The fourth-order valence-electron chi connectivity index (χ4n) is 3.03. The minimum absolute atomic E-state index is 0.317. The monoisotopic (exact) mass is 316 g/mol. The minimum Gasteiger partial charge on any atom is -0.381 e. The molecule has 0 aromatic carbocycles. The zero-order chi connectivity index (χ0) is 17.1. The Morgan fingerprint density at radius 3 is 2.48 bits per heavy atom. The molecule has 0 aromatic heterocycles. The molecule has 130 valence electrons. The molecule has 1 fully saturated rings. The van der Waals surface area contributed by atoms with E-state index in [1.807, 2.05) is 0 Å². The molecular formula is C21H36N2. The van der Waals surface area contributed by atoms with Crippen molar-refractivity contribution in [2.75, 3.05) is 19.6 Å². The van der Waals surface area contributed by atoms with Gasteiger partial charge in [-0.2, -0.15) is 0 Å². The standard InChI is InChI=1S/C21H36N2/c1-6-8-12-20(7-2)13-14-21(18(3)4)22-19(5)17-23-15-10-9-11-16-23/h7-8,12,21-22H,3,5-6,9-11,13-17H2,1-2,4H3/b12-8-,20-7+/t21-/m0/s1. The van der Waals surface area contributed by atoms with Crippen LogP contribution < -0.4 is 5.32 Å². The van der Waals surface area contributed by atoms with Crippen molar-refractivity contribution in [3.63, 3.8) is 0 Å². The third-order valence-corrected chi connectivity index (χ3v) is 4.50. The topological polar surface area (TPSA) is 15.3 Å². The number of hydrogen-bond donors (Lipinski definition) is 1. The number of rotatable bonds is 10. The molecule has 0 spiro atoms. The third kappa shape index (κ3) is 8.22. The molecule has 2 nitrogen and oxygen atoms in total. The van der Waals surface area contributed by atoms with Crippen molar-refractivity contribution < 1.29 is 0 Å². The molecule has 0 unspecified atom stereocenters. The Kier molecular flexibility index (Phi) is 9.70. The van der Waals surface area contributed by atoms with Crippen molar-refractivity contribution in [2.24, 2.45) is 0 Å². The summed E-state index contributed by atoms with van der Waals surface area (Å²) in [5.74, 6) is 0. The molecule has 0 amide bonds. The number of likely N-dealkylation sites (tertiary alicyclic amines) is 1. The van der Waals surface area contributed by atoms with Crippen LogP contribution >= 0.6 is 0 Å². The van der Waals surface area contributed by atoms with Crippen LogP contribution in [0, 0.1) is 0 Å². The Morgan fingerprint density at radius 2 is 1.91 bits per heavy atom. The Labute approximate surface area is 144 Å². The predicted octanol–water partition coefficient (Wildman–Crippen LogP) is 5.21. The summed E-state index contributed by atoms with van der Waals surface area (Å²) in [4.78, 5) is 2.51. The van der Waals surface area contributed by atoms with E-state index in [9.17, 15) is 0 Å².